The normalized spacial score (nSPS) is 12.5. The highest BCUT2D eigenvalue weighted by molar-refractivity contribution is 7.92. The van der Waals surface area contributed by atoms with E-state index in [1.807, 2.05) is 0 Å². The maximum atomic E-state index is 12.9. The first-order valence-corrected chi connectivity index (χ1v) is 9.42. The molecule has 144 valence electrons. The molecule has 1 heterocycles. The molecular weight excluding hydrogens is 409 g/mol. The first kappa shape index (κ1) is 19.3. The second-order valence-corrected chi connectivity index (χ2v) is 7.63. The first-order chi connectivity index (χ1) is 12.5. The predicted molar refractivity (Wildman–Crippen MR) is 93.4 cm³/mol. The average molecular weight is 421 g/mol. The van der Waals surface area contributed by atoms with Crippen LogP contribution in [0.5, 0.6) is 0 Å². The fraction of sp³-hybridized carbons (Fsp3) is 0.188. The third-order valence-electron chi connectivity index (χ3n) is 3.79. The maximum Gasteiger partial charge on any atom is 0.419 e. The van der Waals surface area contributed by atoms with Crippen LogP contribution in [0.25, 0.3) is 11.1 Å². The van der Waals surface area contributed by atoms with Crippen LogP contribution in [0.4, 0.5) is 18.9 Å². The van der Waals surface area contributed by atoms with Gasteiger partial charge in [0.15, 0.2) is 5.58 Å². The van der Waals surface area contributed by atoms with Crippen LogP contribution in [0.2, 0.25) is 5.02 Å². The van der Waals surface area contributed by atoms with Gasteiger partial charge in [0.1, 0.15) is 0 Å². The number of fused-ring (bicyclic) bond motifs is 1. The Morgan fingerprint density at radius 3 is 2.52 bits per heavy atom. The molecule has 0 spiro atoms. The number of nitrogens with one attached hydrogen (secondary N) is 1. The molecule has 0 aliphatic rings. The summed E-state index contributed by atoms with van der Waals surface area (Å²) in [5, 5.41) is -0.547. The van der Waals surface area contributed by atoms with E-state index in [-0.39, 0.29) is 16.2 Å². The van der Waals surface area contributed by atoms with Gasteiger partial charge in [0, 0.05) is 18.3 Å². The molecule has 27 heavy (non-hydrogen) atoms. The molecule has 0 radical (unpaired) electrons. The molecule has 3 aromatic rings. The SMILES string of the molecule is CCn1c(=O)oc2cc(S(=O)(=O)Nc3ccc(Cl)c(C(F)(F)F)c3)ccc21. The van der Waals surface area contributed by atoms with Crippen LogP contribution in [-0.4, -0.2) is 13.0 Å². The summed E-state index contributed by atoms with van der Waals surface area (Å²) in [7, 11) is -4.22. The Labute approximate surface area is 156 Å². The van der Waals surface area contributed by atoms with E-state index < -0.39 is 32.5 Å². The van der Waals surface area contributed by atoms with Crippen LogP contribution in [0.1, 0.15) is 12.5 Å². The number of nitrogens with zero attached hydrogens (tertiary/aromatic N) is 1. The summed E-state index contributed by atoms with van der Waals surface area (Å²) in [4.78, 5) is 11.4. The molecule has 6 nitrogen and oxygen atoms in total. The van der Waals surface area contributed by atoms with E-state index in [2.05, 4.69) is 4.72 Å². The van der Waals surface area contributed by atoms with Crippen LogP contribution in [0, 0.1) is 0 Å². The van der Waals surface area contributed by atoms with Crippen molar-refractivity contribution in [3.8, 4) is 0 Å². The van der Waals surface area contributed by atoms with Crippen molar-refractivity contribution in [1.29, 1.82) is 0 Å². The van der Waals surface area contributed by atoms with Gasteiger partial charge >= 0.3 is 11.9 Å². The number of hydrogen-bond acceptors (Lipinski definition) is 4. The van der Waals surface area contributed by atoms with E-state index in [0.29, 0.717) is 18.1 Å². The van der Waals surface area contributed by atoms with Gasteiger partial charge in [-0.3, -0.25) is 9.29 Å². The lowest BCUT2D eigenvalue weighted by Gasteiger charge is -2.13. The molecule has 0 bridgehead atoms. The van der Waals surface area contributed by atoms with Crippen molar-refractivity contribution in [2.45, 2.75) is 24.5 Å². The number of alkyl halides is 3. The average Bonchev–Trinajstić information content (AvgIpc) is 2.89. The van der Waals surface area contributed by atoms with Crippen molar-refractivity contribution in [3.05, 3.63) is 57.5 Å². The van der Waals surface area contributed by atoms with Crippen molar-refractivity contribution in [3.63, 3.8) is 0 Å². The molecule has 3 rings (SSSR count). The van der Waals surface area contributed by atoms with Crippen LogP contribution < -0.4 is 10.5 Å². The Balaban J connectivity index is 2.00. The van der Waals surface area contributed by atoms with Crippen molar-refractivity contribution >= 4 is 38.4 Å². The summed E-state index contributed by atoms with van der Waals surface area (Å²) in [6.45, 7) is 2.06. The summed E-state index contributed by atoms with van der Waals surface area (Å²) in [6, 6.07) is 6.42. The molecule has 0 amide bonds. The Morgan fingerprint density at radius 1 is 1.19 bits per heavy atom. The molecule has 0 aliphatic heterocycles. The van der Waals surface area contributed by atoms with E-state index in [1.54, 1.807) is 6.92 Å². The molecular formula is C16H12ClF3N2O4S. The van der Waals surface area contributed by atoms with E-state index in [0.717, 1.165) is 18.2 Å². The number of aromatic nitrogens is 1. The van der Waals surface area contributed by atoms with Crippen molar-refractivity contribution in [2.75, 3.05) is 4.72 Å². The molecule has 11 heteroatoms. The fourth-order valence-corrected chi connectivity index (χ4v) is 3.82. The summed E-state index contributed by atoms with van der Waals surface area (Å²) in [6.07, 6.45) is -4.73. The Morgan fingerprint density at radius 2 is 1.89 bits per heavy atom. The third-order valence-corrected chi connectivity index (χ3v) is 5.50. The van der Waals surface area contributed by atoms with Crippen LogP contribution in [0.3, 0.4) is 0 Å². The minimum Gasteiger partial charge on any atom is -0.408 e. The maximum absolute atomic E-state index is 12.9. The largest absolute Gasteiger partial charge is 0.419 e. The highest BCUT2D eigenvalue weighted by atomic mass is 35.5. The summed E-state index contributed by atoms with van der Waals surface area (Å²) < 4.78 is 72.2. The minimum absolute atomic E-state index is 0.0526. The molecule has 1 aromatic heterocycles. The quantitative estimate of drug-likeness (QED) is 0.689. The van der Waals surface area contributed by atoms with Crippen LogP contribution in [0.15, 0.2) is 50.5 Å². The van der Waals surface area contributed by atoms with Crippen LogP contribution in [-0.2, 0) is 22.7 Å². The van der Waals surface area contributed by atoms with Crippen molar-refractivity contribution < 1.29 is 26.0 Å². The van der Waals surface area contributed by atoms with E-state index >= 15 is 0 Å². The van der Waals surface area contributed by atoms with Gasteiger partial charge in [0.2, 0.25) is 0 Å². The number of anilines is 1. The number of hydrogen-bond donors (Lipinski definition) is 1. The minimum atomic E-state index is -4.73. The zero-order valence-corrected chi connectivity index (χ0v) is 15.2. The first-order valence-electron chi connectivity index (χ1n) is 7.56. The monoisotopic (exact) mass is 420 g/mol. The highest BCUT2D eigenvalue weighted by Crippen LogP contribution is 2.36. The third kappa shape index (κ3) is 3.67. The zero-order valence-electron chi connectivity index (χ0n) is 13.7. The fourth-order valence-electron chi connectivity index (χ4n) is 2.53. The lowest BCUT2D eigenvalue weighted by atomic mass is 10.2. The standard InChI is InChI=1S/C16H12ClF3N2O4S/c1-2-22-13-6-4-10(8-14(13)26-15(22)23)27(24,25)21-9-3-5-12(17)11(7-9)16(18,19)20/h3-8,21H,2H2,1H3. The Hall–Kier alpha value is -2.46. The lowest BCUT2D eigenvalue weighted by Crippen LogP contribution is -2.14. The smallest absolute Gasteiger partial charge is 0.408 e. The highest BCUT2D eigenvalue weighted by Gasteiger charge is 2.33. The van der Waals surface area contributed by atoms with Gasteiger partial charge in [-0.15, -0.1) is 0 Å². The predicted octanol–water partition coefficient (Wildman–Crippen LogP) is 4.09. The van der Waals surface area contributed by atoms with Crippen molar-refractivity contribution in [1.82, 2.24) is 4.57 Å². The summed E-state index contributed by atoms with van der Waals surface area (Å²) >= 11 is 5.52. The van der Waals surface area contributed by atoms with Gasteiger partial charge in [-0.05, 0) is 37.3 Å². The number of rotatable bonds is 4. The molecule has 0 aliphatic carbocycles. The molecule has 2 aromatic carbocycles. The molecule has 0 unspecified atom stereocenters. The number of benzene rings is 2. The number of sulfonamides is 1. The van der Waals surface area contributed by atoms with E-state index in [1.165, 1.54) is 16.7 Å². The van der Waals surface area contributed by atoms with Gasteiger partial charge in [0.25, 0.3) is 10.0 Å². The topological polar surface area (TPSA) is 81.3 Å². The Bertz CT molecular complexity index is 1180. The second-order valence-electron chi connectivity index (χ2n) is 5.54. The number of aryl methyl sites for hydroxylation is 1. The van der Waals surface area contributed by atoms with Gasteiger partial charge in [-0.2, -0.15) is 13.2 Å². The molecule has 0 saturated heterocycles. The van der Waals surface area contributed by atoms with Crippen molar-refractivity contribution in [2.24, 2.45) is 0 Å². The van der Waals surface area contributed by atoms with Gasteiger partial charge in [0.05, 0.1) is 21.0 Å². The van der Waals surface area contributed by atoms with Gasteiger partial charge in [-0.1, -0.05) is 11.6 Å². The molecule has 0 atom stereocenters. The van der Waals surface area contributed by atoms with E-state index in [9.17, 15) is 26.4 Å². The summed E-state index contributed by atoms with van der Waals surface area (Å²) in [5.41, 5.74) is -1.01. The summed E-state index contributed by atoms with van der Waals surface area (Å²) in [5.74, 6) is -0.637. The number of halogens is 4. The molecule has 0 saturated carbocycles. The van der Waals surface area contributed by atoms with Crippen LogP contribution >= 0.6 is 11.6 Å². The zero-order chi connectivity index (χ0) is 20.0. The lowest BCUT2D eigenvalue weighted by molar-refractivity contribution is -0.137. The van der Waals surface area contributed by atoms with Gasteiger partial charge in [-0.25, -0.2) is 13.2 Å². The molecule has 0 fully saturated rings. The Kier molecular flexibility index (Phi) is 4.73. The second kappa shape index (κ2) is 6.61. The molecule has 1 N–H and O–H groups in total. The van der Waals surface area contributed by atoms with Gasteiger partial charge < -0.3 is 4.42 Å². The van der Waals surface area contributed by atoms with E-state index in [4.69, 9.17) is 16.0 Å². The number of oxazole rings is 1.